The molecule has 1 aliphatic heterocycles. The van der Waals surface area contributed by atoms with E-state index in [9.17, 15) is 13.9 Å². The van der Waals surface area contributed by atoms with Crippen molar-refractivity contribution < 1.29 is 18.6 Å². The molecule has 1 spiro atoms. The molecule has 2 atom stereocenters. The molecule has 1 aromatic rings. The minimum absolute atomic E-state index is 0.0803. The average molecular weight is 311 g/mol. The van der Waals surface area contributed by atoms with E-state index in [1.54, 1.807) is 12.1 Å². The lowest BCUT2D eigenvalue weighted by Gasteiger charge is -2.42. The molecule has 2 fully saturated rings. The van der Waals surface area contributed by atoms with Gasteiger partial charge in [0.05, 0.1) is 6.10 Å². The molecule has 2 aliphatic rings. The summed E-state index contributed by atoms with van der Waals surface area (Å²) in [6, 6.07) is 6.85. The van der Waals surface area contributed by atoms with Crippen LogP contribution in [0.5, 0.6) is 5.75 Å². The maximum absolute atomic E-state index is 12.1. The Labute approximate surface area is 129 Å². The Morgan fingerprint density at radius 2 is 1.95 bits per heavy atom. The van der Waals surface area contributed by atoms with E-state index in [0.717, 1.165) is 57.3 Å². The van der Waals surface area contributed by atoms with Crippen molar-refractivity contribution in [2.75, 3.05) is 13.1 Å². The van der Waals surface area contributed by atoms with Crippen LogP contribution in [0, 0.1) is 5.41 Å². The third-order valence-corrected chi connectivity index (χ3v) is 5.10. The molecule has 0 aromatic heterocycles. The Bertz CT molecular complexity index is 494. The molecular weight excluding hydrogens is 288 g/mol. The fourth-order valence-electron chi connectivity index (χ4n) is 4.02. The molecule has 0 amide bonds. The van der Waals surface area contributed by atoms with Crippen LogP contribution in [0.3, 0.4) is 0 Å². The standard InChI is InChI=1S/C17H23F2NO2/c18-16(19)22-14-6-4-13(5-7-14)11-20-10-2-9-17(12-20)8-1-3-15(17)21/h4-7,15-16,21H,1-3,8-12H2/t15-,17-/m1/s1. The molecule has 1 saturated carbocycles. The van der Waals surface area contributed by atoms with Crippen LogP contribution < -0.4 is 4.74 Å². The number of halogens is 2. The zero-order chi connectivity index (χ0) is 15.6. The maximum Gasteiger partial charge on any atom is 0.387 e. The lowest BCUT2D eigenvalue weighted by atomic mass is 9.76. The normalized spacial score (nSPS) is 29.4. The SMILES string of the molecule is O[C@@H]1CCC[C@]12CCCN(Cc1ccc(OC(F)F)cc1)C2. The monoisotopic (exact) mass is 311 g/mol. The van der Waals surface area contributed by atoms with Gasteiger partial charge in [-0.25, -0.2) is 0 Å². The number of hydrogen-bond donors (Lipinski definition) is 1. The summed E-state index contributed by atoms with van der Waals surface area (Å²) in [6.07, 6.45) is 5.22. The van der Waals surface area contributed by atoms with E-state index in [1.807, 2.05) is 12.1 Å². The van der Waals surface area contributed by atoms with Crippen molar-refractivity contribution in [2.24, 2.45) is 5.41 Å². The molecule has 0 radical (unpaired) electrons. The fraction of sp³-hybridized carbons (Fsp3) is 0.647. The number of rotatable bonds is 4. The maximum atomic E-state index is 12.1. The van der Waals surface area contributed by atoms with Crippen LogP contribution >= 0.6 is 0 Å². The van der Waals surface area contributed by atoms with Crippen LogP contribution in [-0.2, 0) is 6.54 Å². The Balaban J connectivity index is 1.60. The van der Waals surface area contributed by atoms with Crippen molar-refractivity contribution in [3.63, 3.8) is 0 Å². The first kappa shape index (κ1) is 15.7. The summed E-state index contributed by atoms with van der Waals surface area (Å²) in [6.45, 7) is -0.0203. The van der Waals surface area contributed by atoms with Crippen molar-refractivity contribution in [3.05, 3.63) is 29.8 Å². The molecule has 3 nitrogen and oxygen atoms in total. The number of benzene rings is 1. The summed E-state index contributed by atoms with van der Waals surface area (Å²) in [7, 11) is 0. The Morgan fingerprint density at radius 3 is 2.59 bits per heavy atom. The number of aliphatic hydroxyl groups is 1. The van der Waals surface area contributed by atoms with Gasteiger partial charge < -0.3 is 9.84 Å². The Kier molecular flexibility index (Phi) is 4.64. The number of nitrogens with zero attached hydrogens (tertiary/aromatic N) is 1. The van der Waals surface area contributed by atoms with E-state index in [2.05, 4.69) is 9.64 Å². The molecule has 1 aliphatic carbocycles. The quantitative estimate of drug-likeness (QED) is 0.925. The second kappa shape index (κ2) is 6.50. The van der Waals surface area contributed by atoms with Crippen molar-refractivity contribution in [1.29, 1.82) is 0 Å². The van der Waals surface area contributed by atoms with E-state index >= 15 is 0 Å². The van der Waals surface area contributed by atoms with Crippen LogP contribution in [0.2, 0.25) is 0 Å². The van der Waals surface area contributed by atoms with Gasteiger partial charge in [0, 0.05) is 18.5 Å². The van der Waals surface area contributed by atoms with E-state index in [4.69, 9.17) is 0 Å². The smallest absolute Gasteiger partial charge is 0.387 e. The van der Waals surface area contributed by atoms with Gasteiger partial charge in [-0.1, -0.05) is 18.6 Å². The summed E-state index contributed by atoms with van der Waals surface area (Å²) in [5.74, 6) is 0.195. The highest BCUT2D eigenvalue weighted by atomic mass is 19.3. The molecule has 1 heterocycles. The predicted octanol–water partition coefficient (Wildman–Crippen LogP) is 3.42. The Hall–Kier alpha value is -1.20. The summed E-state index contributed by atoms with van der Waals surface area (Å²) in [5, 5.41) is 10.3. The van der Waals surface area contributed by atoms with Gasteiger partial charge in [0.15, 0.2) is 0 Å². The Morgan fingerprint density at radius 1 is 1.23 bits per heavy atom. The average Bonchev–Trinajstić information content (AvgIpc) is 2.81. The summed E-state index contributed by atoms with van der Waals surface area (Å²) in [5.41, 5.74) is 1.17. The van der Waals surface area contributed by atoms with Gasteiger partial charge in [0.25, 0.3) is 0 Å². The van der Waals surface area contributed by atoms with Crippen molar-refractivity contribution in [1.82, 2.24) is 4.90 Å². The van der Waals surface area contributed by atoms with Crippen LogP contribution in [-0.4, -0.2) is 35.8 Å². The molecule has 1 saturated heterocycles. The minimum Gasteiger partial charge on any atom is -0.435 e. The van der Waals surface area contributed by atoms with Crippen LogP contribution in [0.1, 0.15) is 37.7 Å². The van der Waals surface area contributed by atoms with Gasteiger partial charge in [-0.15, -0.1) is 0 Å². The molecule has 0 bridgehead atoms. The van der Waals surface area contributed by atoms with Crippen LogP contribution in [0.4, 0.5) is 8.78 Å². The third-order valence-electron chi connectivity index (χ3n) is 5.10. The van der Waals surface area contributed by atoms with E-state index < -0.39 is 6.61 Å². The largest absolute Gasteiger partial charge is 0.435 e. The molecule has 122 valence electrons. The van der Waals surface area contributed by atoms with Crippen molar-refractivity contribution in [3.8, 4) is 5.75 Å². The molecule has 3 rings (SSSR count). The van der Waals surface area contributed by atoms with Gasteiger partial charge in [-0.05, 0) is 49.9 Å². The number of ether oxygens (including phenoxy) is 1. The van der Waals surface area contributed by atoms with Crippen LogP contribution in [0.15, 0.2) is 24.3 Å². The highest BCUT2D eigenvalue weighted by Crippen LogP contribution is 2.45. The second-order valence-electron chi connectivity index (χ2n) is 6.61. The highest BCUT2D eigenvalue weighted by molar-refractivity contribution is 5.27. The lowest BCUT2D eigenvalue weighted by Crippen LogP contribution is -2.46. The molecule has 22 heavy (non-hydrogen) atoms. The number of hydrogen-bond acceptors (Lipinski definition) is 3. The number of alkyl halides is 2. The molecule has 5 heteroatoms. The first-order valence-electron chi connectivity index (χ1n) is 8.02. The van der Waals surface area contributed by atoms with Crippen molar-refractivity contribution in [2.45, 2.75) is 51.4 Å². The topological polar surface area (TPSA) is 32.7 Å². The summed E-state index contributed by atoms with van der Waals surface area (Å²) < 4.78 is 28.7. The zero-order valence-corrected chi connectivity index (χ0v) is 12.7. The summed E-state index contributed by atoms with van der Waals surface area (Å²) in [4.78, 5) is 2.38. The van der Waals surface area contributed by atoms with Gasteiger partial charge >= 0.3 is 6.61 Å². The van der Waals surface area contributed by atoms with Gasteiger partial charge in [0.1, 0.15) is 5.75 Å². The van der Waals surface area contributed by atoms with Crippen molar-refractivity contribution >= 4 is 0 Å². The first-order chi connectivity index (χ1) is 10.6. The molecular formula is C17H23F2NO2. The predicted molar refractivity (Wildman–Crippen MR) is 79.9 cm³/mol. The van der Waals surface area contributed by atoms with Crippen LogP contribution in [0.25, 0.3) is 0 Å². The van der Waals surface area contributed by atoms with Gasteiger partial charge in [-0.3, -0.25) is 4.90 Å². The molecule has 0 unspecified atom stereocenters. The van der Waals surface area contributed by atoms with Gasteiger partial charge in [0.2, 0.25) is 0 Å². The fourth-order valence-corrected chi connectivity index (χ4v) is 4.02. The van der Waals surface area contributed by atoms with E-state index in [1.165, 1.54) is 0 Å². The highest BCUT2D eigenvalue weighted by Gasteiger charge is 2.44. The van der Waals surface area contributed by atoms with E-state index in [0.29, 0.717) is 0 Å². The zero-order valence-electron chi connectivity index (χ0n) is 12.7. The van der Waals surface area contributed by atoms with Gasteiger partial charge in [-0.2, -0.15) is 8.78 Å². The number of aliphatic hydroxyl groups excluding tert-OH is 1. The summed E-state index contributed by atoms with van der Waals surface area (Å²) >= 11 is 0. The van der Waals surface area contributed by atoms with E-state index in [-0.39, 0.29) is 17.3 Å². The molecule has 1 aromatic carbocycles. The number of likely N-dealkylation sites (tertiary alicyclic amines) is 1. The third kappa shape index (κ3) is 3.41. The number of piperidine rings is 1. The first-order valence-corrected chi connectivity index (χ1v) is 8.02. The minimum atomic E-state index is -2.78. The second-order valence-corrected chi connectivity index (χ2v) is 6.61. The lowest BCUT2D eigenvalue weighted by molar-refractivity contribution is -0.0498. The molecule has 1 N–H and O–H groups in total.